The van der Waals surface area contributed by atoms with Crippen molar-refractivity contribution in [2.24, 2.45) is 4.99 Å². The average molecular weight is 497 g/mol. The first-order chi connectivity index (χ1) is 16.3. The molecule has 2 heterocycles. The van der Waals surface area contributed by atoms with E-state index in [-0.39, 0.29) is 24.0 Å². The number of hydroxylamine groups is 1. The highest BCUT2D eigenvalue weighted by Gasteiger charge is 2.44. The van der Waals surface area contributed by atoms with Gasteiger partial charge in [-0.1, -0.05) is 18.2 Å². The zero-order chi connectivity index (χ0) is 24.4. The van der Waals surface area contributed by atoms with Crippen LogP contribution in [0.2, 0.25) is 0 Å². The van der Waals surface area contributed by atoms with E-state index in [0.29, 0.717) is 32.4 Å². The van der Waals surface area contributed by atoms with Gasteiger partial charge in [-0.15, -0.1) is 0 Å². The minimum atomic E-state index is -4.23. The lowest BCUT2D eigenvalue weighted by atomic mass is 10.0. The van der Waals surface area contributed by atoms with Crippen LogP contribution in [-0.2, 0) is 24.4 Å². The predicted octanol–water partition coefficient (Wildman–Crippen LogP) is -0.347. The summed E-state index contributed by atoms with van der Waals surface area (Å²) in [5.41, 5.74) is 0.459. The normalized spacial score (nSPS) is 22.2. The molecule has 12 nitrogen and oxygen atoms in total. The highest BCUT2D eigenvalue weighted by atomic mass is 32.2. The smallest absolute Gasteiger partial charge is 0.345 e. The molecule has 34 heavy (non-hydrogen) atoms. The number of carboxylic acid groups (broad SMARTS) is 1. The van der Waals surface area contributed by atoms with Gasteiger partial charge < -0.3 is 10.4 Å². The number of amides is 1. The first kappa shape index (κ1) is 26.2. The molecular weight excluding hydrogens is 464 g/mol. The van der Waals surface area contributed by atoms with Crippen molar-refractivity contribution in [3.05, 3.63) is 30.3 Å². The van der Waals surface area contributed by atoms with E-state index in [1.54, 1.807) is 6.07 Å². The number of carbonyl (C=O) groups excluding carboxylic acids is 1. The van der Waals surface area contributed by atoms with Crippen LogP contribution in [-0.4, -0.2) is 69.3 Å². The van der Waals surface area contributed by atoms with Gasteiger partial charge in [0.1, 0.15) is 0 Å². The van der Waals surface area contributed by atoms with Gasteiger partial charge in [0.2, 0.25) is 21.6 Å². The second kappa shape index (κ2) is 12.3. The summed E-state index contributed by atoms with van der Waals surface area (Å²) in [6.07, 6.45) is 3.31. The van der Waals surface area contributed by atoms with E-state index in [9.17, 15) is 23.1 Å². The van der Waals surface area contributed by atoms with Crippen LogP contribution in [0.4, 0.5) is 0 Å². The monoisotopic (exact) mass is 496 g/mol. The Bertz CT molecular complexity index is 954. The van der Waals surface area contributed by atoms with Gasteiger partial charge in [0.05, 0.1) is 17.4 Å². The molecule has 3 rings (SSSR count). The number of benzene rings is 1. The van der Waals surface area contributed by atoms with Gasteiger partial charge in [-0.2, -0.15) is 4.72 Å². The van der Waals surface area contributed by atoms with E-state index >= 15 is 0 Å². The summed E-state index contributed by atoms with van der Waals surface area (Å²) in [4.78, 5) is 34.5. The fraction of sp³-hybridized carbons (Fsp3) is 0.571. The number of hydrogen-bond donors (Lipinski definition) is 6. The molecule has 0 spiro atoms. The quantitative estimate of drug-likeness (QED) is 0.158. The maximum absolute atomic E-state index is 13.0. The number of unbranched alkanes of at least 4 members (excludes halogenated alkanes) is 1. The molecule has 2 aliphatic heterocycles. The molecule has 6 N–H and O–H groups in total. The number of aliphatic carboxylic acids is 1. The highest BCUT2D eigenvalue weighted by Crippen LogP contribution is 2.19. The first-order valence-electron chi connectivity index (χ1n) is 11.3. The van der Waals surface area contributed by atoms with Crippen molar-refractivity contribution in [2.45, 2.75) is 61.5 Å². The summed E-state index contributed by atoms with van der Waals surface area (Å²) in [5, 5.41) is 18.9. The van der Waals surface area contributed by atoms with Gasteiger partial charge in [-0.3, -0.25) is 25.3 Å². The van der Waals surface area contributed by atoms with Crippen molar-refractivity contribution in [2.75, 3.05) is 19.6 Å². The maximum Gasteiger partial charge on any atom is 0.345 e. The van der Waals surface area contributed by atoms with Crippen LogP contribution in [0, 0.1) is 0 Å². The molecule has 1 aromatic carbocycles. The molecule has 3 unspecified atom stereocenters. The number of sulfonamides is 1. The summed E-state index contributed by atoms with van der Waals surface area (Å²) in [7, 11) is -4.23. The third kappa shape index (κ3) is 7.55. The fourth-order valence-electron chi connectivity index (χ4n) is 3.72. The SMILES string of the molecule is O=C(CC1CCNO1)NC(CCCCNC1N=CCCN1)(NS(=O)(=O)c1ccccc1)C(=O)O. The number of nitrogens with zero attached hydrogens (tertiary/aromatic N) is 1. The molecule has 1 aromatic rings. The third-order valence-corrected chi connectivity index (χ3v) is 7.00. The predicted molar refractivity (Wildman–Crippen MR) is 124 cm³/mol. The van der Waals surface area contributed by atoms with Gasteiger partial charge in [0.15, 0.2) is 6.29 Å². The Morgan fingerprint density at radius 1 is 1.21 bits per heavy atom. The van der Waals surface area contributed by atoms with Crippen LogP contribution in [0.5, 0.6) is 0 Å². The van der Waals surface area contributed by atoms with Crippen LogP contribution in [0.15, 0.2) is 40.2 Å². The Morgan fingerprint density at radius 3 is 2.65 bits per heavy atom. The molecule has 2 aliphatic rings. The molecule has 1 saturated heterocycles. The summed E-state index contributed by atoms with van der Waals surface area (Å²) >= 11 is 0. The van der Waals surface area contributed by atoms with Gasteiger partial charge in [0.25, 0.3) is 0 Å². The van der Waals surface area contributed by atoms with Gasteiger partial charge >= 0.3 is 5.97 Å². The molecule has 0 aliphatic carbocycles. The minimum absolute atomic E-state index is 0.0952. The standard InChI is InChI=1S/C21H32N6O6S/c28-18(15-16-9-14-25-33-16)26-21(19(29)30,27-34(31,32)17-7-2-1-3-8-17)10-4-5-11-22-20-23-12-6-13-24-20/h1-3,7-8,12,16,20,22,24-25,27H,4-6,9-11,13-15H2,(H,26,28)(H,29,30). The van der Waals surface area contributed by atoms with Crippen molar-refractivity contribution in [1.82, 2.24) is 26.2 Å². The highest BCUT2D eigenvalue weighted by molar-refractivity contribution is 7.89. The Balaban J connectivity index is 1.69. The lowest BCUT2D eigenvalue weighted by Gasteiger charge is -2.31. The zero-order valence-electron chi connectivity index (χ0n) is 18.8. The molecule has 188 valence electrons. The van der Waals surface area contributed by atoms with Gasteiger partial charge in [0, 0.05) is 19.3 Å². The number of rotatable bonds is 13. The number of aliphatic imine (C=N–C) groups is 1. The van der Waals surface area contributed by atoms with Crippen LogP contribution < -0.4 is 26.2 Å². The largest absolute Gasteiger partial charge is 0.478 e. The van der Waals surface area contributed by atoms with Gasteiger partial charge in [-0.25, -0.2) is 18.7 Å². The second-order valence-electron chi connectivity index (χ2n) is 8.19. The van der Waals surface area contributed by atoms with Crippen LogP contribution in [0.3, 0.4) is 0 Å². The second-order valence-corrected chi connectivity index (χ2v) is 9.87. The van der Waals surface area contributed by atoms with E-state index in [2.05, 4.69) is 31.1 Å². The van der Waals surface area contributed by atoms with Crippen LogP contribution in [0.25, 0.3) is 0 Å². The Kier molecular flexibility index (Phi) is 9.50. The summed E-state index contributed by atoms with van der Waals surface area (Å²) in [6.45, 7) is 1.93. The Labute approximate surface area is 198 Å². The van der Waals surface area contributed by atoms with Crippen LogP contribution >= 0.6 is 0 Å². The van der Waals surface area contributed by atoms with Crippen molar-refractivity contribution in [3.8, 4) is 0 Å². The molecule has 13 heteroatoms. The maximum atomic E-state index is 13.0. The number of carbonyl (C=O) groups is 2. The number of carboxylic acids is 1. The van der Waals surface area contributed by atoms with Crippen molar-refractivity contribution in [1.29, 1.82) is 0 Å². The molecule has 0 radical (unpaired) electrons. The summed E-state index contributed by atoms with van der Waals surface area (Å²) in [5.74, 6) is -2.11. The Morgan fingerprint density at radius 2 is 2.00 bits per heavy atom. The lowest BCUT2D eigenvalue weighted by molar-refractivity contribution is -0.149. The van der Waals surface area contributed by atoms with E-state index in [4.69, 9.17) is 4.84 Å². The lowest BCUT2D eigenvalue weighted by Crippen LogP contribution is -2.65. The number of hydrogen-bond acceptors (Lipinski definition) is 9. The van der Waals surface area contributed by atoms with Crippen molar-refractivity contribution >= 4 is 28.1 Å². The zero-order valence-corrected chi connectivity index (χ0v) is 19.6. The molecule has 3 atom stereocenters. The van der Waals surface area contributed by atoms with E-state index < -0.39 is 33.7 Å². The molecule has 1 fully saturated rings. The van der Waals surface area contributed by atoms with Crippen molar-refractivity contribution < 1.29 is 28.0 Å². The molecule has 1 amide bonds. The molecule has 0 aromatic heterocycles. The number of nitrogens with one attached hydrogen (secondary N) is 5. The summed E-state index contributed by atoms with van der Waals surface area (Å²) < 4.78 is 28.2. The average Bonchev–Trinajstić information content (AvgIpc) is 3.32. The topological polar surface area (TPSA) is 170 Å². The van der Waals surface area contributed by atoms with E-state index in [0.717, 1.165) is 13.0 Å². The Hall–Kier alpha value is -2.42. The van der Waals surface area contributed by atoms with Gasteiger partial charge in [-0.05, 0) is 50.8 Å². The third-order valence-electron chi connectivity index (χ3n) is 5.49. The summed E-state index contributed by atoms with van der Waals surface area (Å²) in [6, 6.07) is 7.44. The fourth-order valence-corrected chi connectivity index (χ4v) is 5.05. The van der Waals surface area contributed by atoms with Crippen LogP contribution in [0.1, 0.15) is 38.5 Å². The molecular formula is C21H32N6O6S. The van der Waals surface area contributed by atoms with E-state index in [1.165, 1.54) is 24.3 Å². The molecule has 0 bridgehead atoms. The minimum Gasteiger partial charge on any atom is -0.478 e. The molecule has 0 saturated carbocycles. The van der Waals surface area contributed by atoms with Crippen molar-refractivity contribution in [3.63, 3.8) is 0 Å². The van der Waals surface area contributed by atoms with E-state index in [1.807, 2.05) is 6.21 Å². The first-order valence-corrected chi connectivity index (χ1v) is 12.8.